The molecule has 1 aliphatic carbocycles. The zero-order valence-corrected chi connectivity index (χ0v) is 20.7. The monoisotopic (exact) mass is 451 g/mol. The van der Waals surface area contributed by atoms with Crippen LogP contribution in [0.15, 0.2) is 0 Å². The molecule has 0 spiro atoms. The van der Waals surface area contributed by atoms with Crippen LogP contribution in [-0.4, -0.2) is 80.5 Å². The number of amides is 4. The number of rotatable bonds is 10. The summed E-state index contributed by atoms with van der Waals surface area (Å²) in [5.41, 5.74) is 0.0250. The maximum Gasteiger partial charge on any atom is 0.315 e. The maximum absolute atomic E-state index is 12.6. The van der Waals surface area contributed by atoms with Crippen LogP contribution in [0.5, 0.6) is 0 Å². The molecule has 32 heavy (non-hydrogen) atoms. The van der Waals surface area contributed by atoms with Crippen molar-refractivity contribution in [2.45, 2.75) is 77.7 Å². The standard InChI is InChI=1S/C24H45N5O3/c1-24(2,18-28(3)4)17-26-22(31)19-12-15-29(16-13-19)21(30)11-8-14-25-23(32)27-20-9-6-5-7-10-20/h19-20H,5-18H2,1-4H3,(H,26,31)(H2,25,27,32). The van der Waals surface area contributed by atoms with Gasteiger partial charge in [-0.15, -0.1) is 0 Å². The predicted molar refractivity (Wildman–Crippen MR) is 127 cm³/mol. The second kappa shape index (κ2) is 13.0. The van der Waals surface area contributed by atoms with Crippen LogP contribution in [0.3, 0.4) is 0 Å². The van der Waals surface area contributed by atoms with Crippen molar-refractivity contribution < 1.29 is 14.4 Å². The molecule has 1 saturated carbocycles. The number of carbonyl (C=O) groups is 3. The van der Waals surface area contributed by atoms with Crippen molar-refractivity contribution >= 4 is 17.8 Å². The highest BCUT2D eigenvalue weighted by atomic mass is 16.2. The molecular weight excluding hydrogens is 406 g/mol. The molecule has 4 amide bonds. The molecule has 0 aromatic carbocycles. The van der Waals surface area contributed by atoms with Crippen molar-refractivity contribution in [2.75, 3.05) is 46.8 Å². The van der Waals surface area contributed by atoms with Gasteiger partial charge in [0, 0.05) is 51.1 Å². The average molecular weight is 452 g/mol. The van der Waals surface area contributed by atoms with Crippen LogP contribution in [0.25, 0.3) is 0 Å². The molecule has 3 N–H and O–H groups in total. The number of nitrogens with zero attached hydrogens (tertiary/aromatic N) is 2. The molecule has 0 bridgehead atoms. The fraction of sp³-hybridized carbons (Fsp3) is 0.875. The molecule has 8 heteroatoms. The van der Waals surface area contributed by atoms with Crippen molar-refractivity contribution in [3.8, 4) is 0 Å². The molecule has 1 heterocycles. The summed E-state index contributed by atoms with van der Waals surface area (Å²) in [7, 11) is 4.08. The van der Waals surface area contributed by atoms with E-state index in [1.54, 1.807) is 0 Å². The molecule has 0 radical (unpaired) electrons. The van der Waals surface area contributed by atoms with E-state index < -0.39 is 0 Å². The molecule has 2 rings (SSSR count). The topological polar surface area (TPSA) is 93.8 Å². The summed E-state index contributed by atoms with van der Waals surface area (Å²) in [4.78, 5) is 41.0. The Bertz CT molecular complexity index is 609. The first-order valence-electron chi connectivity index (χ1n) is 12.4. The first-order valence-corrected chi connectivity index (χ1v) is 12.4. The van der Waals surface area contributed by atoms with Gasteiger partial charge in [-0.25, -0.2) is 4.79 Å². The summed E-state index contributed by atoms with van der Waals surface area (Å²) in [6.45, 7) is 7.65. The zero-order valence-electron chi connectivity index (χ0n) is 20.7. The maximum atomic E-state index is 12.6. The van der Waals surface area contributed by atoms with E-state index in [1.807, 2.05) is 19.0 Å². The molecule has 8 nitrogen and oxygen atoms in total. The lowest BCUT2D eigenvalue weighted by molar-refractivity contribution is -0.135. The summed E-state index contributed by atoms with van der Waals surface area (Å²) in [5, 5.41) is 9.01. The Morgan fingerprint density at radius 3 is 2.25 bits per heavy atom. The van der Waals surface area contributed by atoms with Gasteiger partial charge in [-0.1, -0.05) is 33.1 Å². The molecule has 0 atom stereocenters. The molecule has 0 aromatic heterocycles. The summed E-state index contributed by atoms with van der Waals surface area (Å²) >= 11 is 0. The summed E-state index contributed by atoms with van der Waals surface area (Å²) in [6, 6.07) is 0.174. The van der Waals surface area contributed by atoms with Gasteiger partial charge in [0.25, 0.3) is 0 Å². The normalized spacial score (nSPS) is 18.5. The second-order valence-corrected chi connectivity index (χ2v) is 10.6. The summed E-state index contributed by atoms with van der Waals surface area (Å²) < 4.78 is 0. The lowest BCUT2D eigenvalue weighted by atomic mass is 9.91. The number of urea groups is 1. The largest absolute Gasteiger partial charge is 0.355 e. The third-order valence-electron chi connectivity index (χ3n) is 6.50. The van der Waals surface area contributed by atoms with E-state index in [0.717, 1.165) is 19.4 Å². The number of nitrogens with one attached hydrogen (secondary N) is 3. The zero-order chi connectivity index (χ0) is 23.6. The molecule has 184 valence electrons. The first kappa shape index (κ1) is 26.4. The van der Waals surface area contributed by atoms with Gasteiger partial charge >= 0.3 is 6.03 Å². The van der Waals surface area contributed by atoms with Crippen LogP contribution in [0, 0.1) is 11.3 Å². The first-order chi connectivity index (χ1) is 15.2. The van der Waals surface area contributed by atoms with Gasteiger partial charge in [-0.2, -0.15) is 0 Å². The van der Waals surface area contributed by atoms with Crippen molar-refractivity contribution in [1.29, 1.82) is 0 Å². The van der Waals surface area contributed by atoms with Crippen LogP contribution < -0.4 is 16.0 Å². The highest BCUT2D eigenvalue weighted by Gasteiger charge is 2.28. The van der Waals surface area contributed by atoms with Gasteiger partial charge in [0.15, 0.2) is 0 Å². The van der Waals surface area contributed by atoms with Crippen molar-refractivity contribution in [3.63, 3.8) is 0 Å². The van der Waals surface area contributed by atoms with E-state index in [-0.39, 0.29) is 29.2 Å². The van der Waals surface area contributed by atoms with Crippen LogP contribution in [0.2, 0.25) is 0 Å². The SMILES string of the molecule is CN(C)CC(C)(C)CNC(=O)C1CCN(C(=O)CCCNC(=O)NC2CCCCC2)CC1. The smallest absolute Gasteiger partial charge is 0.315 e. The molecule has 2 fully saturated rings. The third kappa shape index (κ3) is 9.76. The highest BCUT2D eigenvalue weighted by molar-refractivity contribution is 5.80. The van der Waals surface area contributed by atoms with Crippen LogP contribution in [0.1, 0.15) is 71.6 Å². The van der Waals surface area contributed by atoms with E-state index in [0.29, 0.717) is 57.9 Å². The molecule has 1 saturated heterocycles. The number of carbonyl (C=O) groups excluding carboxylic acids is 3. The Morgan fingerprint density at radius 1 is 0.969 bits per heavy atom. The fourth-order valence-corrected chi connectivity index (χ4v) is 4.86. The highest BCUT2D eigenvalue weighted by Crippen LogP contribution is 2.20. The van der Waals surface area contributed by atoms with Gasteiger partial charge in [-0.3, -0.25) is 9.59 Å². The van der Waals surface area contributed by atoms with E-state index in [9.17, 15) is 14.4 Å². The molecule has 0 unspecified atom stereocenters. The van der Waals surface area contributed by atoms with Crippen LogP contribution >= 0.6 is 0 Å². The Morgan fingerprint density at radius 2 is 1.62 bits per heavy atom. The van der Waals surface area contributed by atoms with E-state index >= 15 is 0 Å². The third-order valence-corrected chi connectivity index (χ3v) is 6.50. The Labute approximate surface area is 194 Å². The molecule has 1 aliphatic heterocycles. The molecule has 2 aliphatic rings. The van der Waals surface area contributed by atoms with Gasteiger partial charge in [0.2, 0.25) is 11.8 Å². The van der Waals surface area contributed by atoms with Crippen LogP contribution in [-0.2, 0) is 9.59 Å². The van der Waals surface area contributed by atoms with E-state index in [4.69, 9.17) is 0 Å². The van der Waals surface area contributed by atoms with E-state index in [1.165, 1.54) is 19.3 Å². The minimum atomic E-state index is -0.120. The number of likely N-dealkylation sites (tertiary alicyclic amines) is 1. The summed E-state index contributed by atoms with van der Waals surface area (Å²) in [5.74, 6) is 0.210. The van der Waals surface area contributed by atoms with Crippen LogP contribution in [0.4, 0.5) is 4.79 Å². The van der Waals surface area contributed by atoms with Gasteiger partial charge in [0.05, 0.1) is 0 Å². The Hall–Kier alpha value is -1.83. The average Bonchev–Trinajstić information content (AvgIpc) is 2.75. The van der Waals surface area contributed by atoms with Crippen molar-refractivity contribution in [3.05, 3.63) is 0 Å². The summed E-state index contributed by atoms with van der Waals surface area (Å²) in [6.07, 6.45) is 8.26. The number of piperidine rings is 1. The molecule has 0 aromatic rings. The Balaban J connectivity index is 1.57. The lowest BCUT2D eigenvalue weighted by Gasteiger charge is -2.33. The van der Waals surface area contributed by atoms with Gasteiger partial charge in [-0.05, 0) is 51.6 Å². The quantitative estimate of drug-likeness (QED) is 0.445. The Kier molecular flexibility index (Phi) is 10.7. The van der Waals surface area contributed by atoms with Gasteiger partial charge in [0.1, 0.15) is 0 Å². The van der Waals surface area contributed by atoms with E-state index in [2.05, 4.69) is 34.7 Å². The lowest BCUT2D eigenvalue weighted by Crippen LogP contribution is -2.46. The molecular formula is C24H45N5O3. The number of hydrogen-bond donors (Lipinski definition) is 3. The van der Waals surface area contributed by atoms with Crippen molar-refractivity contribution in [2.24, 2.45) is 11.3 Å². The minimum absolute atomic E-state index is 0.0145. The van der Waals surface area contributed by atoms with Gasteiger partial charge < -0.3 is 25.8 Å². The number of hydrogen-bond acceptors (Lipinski definition) is 4. The predicted octanol–water partition coefficient (Wildman–Crippen LogP) is 2.34. The minimum Gasteiger partial charge on any atom is -0.355 e. The second-order valence-electron chi connectivity index (χ2n) is 10.6. The van der Waals surface area contributed by atoms with Crippen molar-refractivity contribution in [1.82, 2.24) is 25.8 Å². The fourth-order valence-electron chi connectivity index (χ4n) is 4.86.